The molecule has 0 spiro atoms. The molecule has 0 aliphatic carbocycles. The van der Waals surface area contributed by atoms with Gasteiger partial charge in [0.25, 0.3) is 5.91 Å². The molecule has 9 nitrogen and oxygen atoms in total. The van der Waals surface area contributed by atoms with Gasteiger partial charge in [-0.05, 0) is 50.2 Å². The summed E-state index contributed by atoms with van der Waals surface area (Å²) in [6.07, 6.45) is 3.37. The predicted octanol–water partition coefficient (Wildman–Crippen LogP) is 4.18. The molecular formula is C24H22N6O3. The van der Waals surface area contributed by atoms with E-state index in [1.54, 1.807) is 36.3 Å². The molecule has 9 heteroatoms. The van der Waals surface area contributed by atoms with Crippen molar-refractivity contribution in [2.45, 2.75) is 19.9 Å². The van der Waals surface area contributed by atoms with Crippen molar-refractivity contribution in [2.24, 2.45) is 0 Å². The van der Waals surface area contributed by atoms with Crippen LogP contribution in [0.5, 0.6) is 5.75 Å². The van der Waals surface area contributed by atoms with Crippen LogP contribution in [0, 0.1) is 6.92 Å². The summed E-state index contributed by atoms with van der Waals surface area (Å²) in [5.74, 6) is 2.64. The summed E-state index contributed by atoms with van der Waals surface area (Å²) in [7, 11) is 1.56. The van der Waals surface area contributed by atoms with Crippen molar-refractivity contribution in [2.75, 3.05) is 17.7 Å². The molecule has 4 aromatic rings. The number of furan rings is 1. The molecule has 0 saturated heterocycles. The normalized spacial score (nSPS) is 15.1. The van der Waals surface area contributed by atoms with Crippen LogP contribution in [0.1, 0.15) is 24.5 Å². The number of carbonyl (C=O) groups is 1. The second-order valence-electron chi connectivity index (χ2n) is 7.61. The first kappa shape index (κ1) is 20.5. The van der Waals surface area contributed by atoms with Gasteiger partial charge in [-0.25, -0.2) is 4.68 Å². The van der Waals surface area contributed by atoms with Crippen LogP contribution in [0.25, 0.3) is 11.4 Å². The highest BCUT2D eigenvalue weighted by Crippen LogP contribution is 2.38. The summed E-state index contributed by atoms with van der Waals surface area (Å²) in [4.78, 5) is 22.2. The van der Waals surface area contributed by atoms with Gasteiger partial charge in [-0.2, -0.15) is 4.98 Å². The van der Waals surface area contributed by atoms with Gasteiger partial charge in [-0.1, -0.05) is 12.1 Å². The molecule has 0 radical (unpaired) electrons. The van der Waals surface area contributed by atoms with Crippen molar-refractivity contribution in [1.29, 1.82) is 0 Å². The molecule has 0 fully saturated rings. The van der Waals surface area contributed by atoms with Gasteiger partial charge in [0.05, 0.1) is 18.4 Å². The number of allylic oxidation sites excluding steroid dienone is 1. The molecule has 1 unspecified atom stereocenters. The average Bonchev–Trinajstić information content (AvgIpc) is 3.45. The maximum atomic E-state index is 13.5. The van der Waals surface area contributed by atoms with Crippen molar-refractivity contribution in [3.63, 3.8) is 0 Å². The van der Waals surface area contributed by atoms with Crippen LogP contribution >= 0.6 is 0 Å². The number of para-hydroxylation sites is 2. The molecule has 1 atom stereocenters. The molecule has 4 heterocycles. The molecule has 1 aromatic carbocycles. The summed E-state index contributed by atoms with van der Waals surface area (Å²) >= 11 is 0. The smallest absolute Gasteiger partial charge is 0.256 e. The third kappa shape index (κ3) is 3.73. The maximum Gasteiger partial charge on any atom is 0.256 e. The van der Waals surface area contributed by atoms with Crippen LogP contribution in [-0.4, -0.2) is 32.8 Å². The lowest BCUT2D eigenvalue weighted by molar-refractivity contribution is -0.113. The average molecular weight is 442 g/mol. The van der Waals surface area contributed by atoms with E-state index in [9.17, 15) is 4.79 Å². The highest BCUT2D eigenvalue weighted by atomic mass is 16.5. The van der Waals surface area contributed by atoms with Gasteiger partial charge in [-0.3, -0.25) is 9.78 Å². The second-order valence-corrected chi connectivity index (χ2v) is 7.61. The van der Waals surface area contributed by atoms with Crippen molar-refractivity contribution >= 4 is 17.5 Å². The molecule has 5 rings (SSSR count). The fraction of sp³-hybridized carbons (Fsp3) is 0.167. The largest absolute Gasteiger partial charge is 0.495 e. The first-order valence-electron chi connectivity index (χ1n) is 10.4. The number of benzene rings is 1. The summed E-state index contributed by atoms with van der Waals surface area (Å²) < 4.78 is 13.0. The molecule has 1 aliphatic heterocycles. The summed E-state index contributed by atoms with van der Waals surface area (Å²) in [6.45, 7) is 3.70. The lowest BCUT2D eigenvalue weighted by Crippen LogP contribution is -2.31. The first-order chi connectivity index (χ1) is 16.0. The zero-order valence-electron chi connectivity index (χ0n) is 18.4. The minimum atomic E-state index is -0.604. The number of anilines is 2. The molecule has 2 N–H and O–H groups in total. The minimum Gasteiger partial charge on any atom is -0.495 e. The number of hydrogen-bond donors (Lipinski definition) is 2. The predicted molar refractivity (Wildman–Crippen MR) is 123 cm³/mol. The highest BCUT2D eigenvalue weighted by Gasteiger charge is 2.36. The molecule has 1 aliphatic rings. The number of pyridine rings is 1. The number of aromatic nitrogens is 4. The Kier molecular flexibility index (Phi) is 5.14. The number of hydrogen-bond acceptors (Lipinski definition) is 7. The molecule has 1 amide bonds. The highest BCUT2D eigenvalue weighted by molar-refractivity contribution is 6.06. The Hall–Kier alpha value is -4.40. The number of ether oxygens (including phenoxy) is 1. The number of nitrogens with one attached hydrogen (secondary N) is 2. The van der Waals surface area contributed by atoms with E-state index in [1.807, 2.05) is 50.2 Å². The van der Waals surface area contributed by atoms with Gasteiger partial charge in [0, 0.05) is 23.7 Å². The van der Waals surface area contributed by atoms with Gasteiger partial charge in [-0.15, -0.1) is 5.10 Å². The SMILES string of the molecule is COc1ccccc1NC(=O)C1=C(C)Nc2nc(-c3ccncc3)nn2C1c1ccc(C)o1. The molecule has 166 valence electrons. The molecule has 0 saturated carbocycles. The van der Waals surface area contributed by atoms with Crippen LogP contribution in [0.2, 0.25) is 0 Å². The monoisotopic (exact) mass is 442 g/mol. The summed E-state index contributed by atoms with van der Waals surface area (Å²) in [5.41, 5.74) is 2.51. The number of aryl methyl sites for hydroxylation is 1. The van der Waals surface area contributed by atoms with Crippen LogP contribution < -0.4 is 15.4 Å². The van der Waals surface area contributed by atoms with E-state index in [0.29, 0.717) is 40.2 Å². The number of nitrogens with zero attached hydrogens (tertiary/aromatic N) is 4. The van der Waals surface area contributed by atoms with E-state index in [1.165, 1.54) is 0 Å². The number of methoxy groups -OCH3 is 1. The Labute approximate surface area is 190 Å². The van der Waals surface area contributed by atoms with Crippen molar-refractivity contribution in [1.82, 2.24) is 19.7 Å². The standard InChI is InChI=1S/C24H22N6O3/c1-14-8-9-19(33-14)21-20(23(31)27-17-6-4-5-7-18(17)32-3)15(2)26-24-28-22(29-30(21)24)16-10-12-25-13-11-16/h4-13,21H,1-3H3,(H,27,31)(H,26,28,29). The number of carbonyl (C=O) groups excluding carboxylic acids is 1. The zero-order valence-corrected chi connectivity index (χ0v) is 18.4. The molecule has 3 aromatic heterocycles. The van der Waals surface area contributed by atoms with Crippen molar-refractivity contribution < 1.29 is 13.9 Å². The van der Waals surface area contributed by atoms with Crippen LogP contribution in [0.4, 0.5) is 11.6 Å². The van der Waals surface area contributed by atoms with Crippen molar-refractivity contribution in [3.8, 4) is 17.1 Å². The van der Waals surface area contributed by atoms with Crippen molar-refractivity contribution in [3.05, 3.63) is 83.7 Å². The topological polar surface area (TPSA) is 107 Å². The molecule has 0 bridgehead atoms. The second kappa shape index (κ2) is 8.27. The Morgan fingerprint density at radius 3 is 2.64 bits per heavy atom. The fourth-order valence-electron chi connectivity index (χ4n) is 3.87. The third-order valence-corrected chi connectivity index (χ3v) is 5.42. The summed E-state index contributed by atoms with van der Waals surface area (Å²) in [5, 5.41) is 10.9. The van der Waals surface area contributed by atoms with E-state index in [2.05, 4.69) is 20.6 Å². The Morgan fingerprint density at radius 2 is 1.91 bits per heavy atom. The van der Waals surface area contributed by atoms with E-state index in [0.717, 1.165) is 11.3 Å². The van der Waals surface area contributed by atoms with Crippen LogP contribution in [-0.2, 0) is 4.79 Å². The molecular weight excluding hydrogens is 420 g/mol. The number of fused-ring (bicyclic) bond motifs is 1. The number of amides is 1. The molecule has 33 heavy (non-hydrogen) atoms. The first-order valence-corrected chi connectivity index (χ1v) is 10.4. The van der Waals surface area contributed by atoms with E-state index in [4.69, 9.17) is 14.3 Å². The fourth-order valence-corrected chi connectivity index (χ4v) is 3.87. The Morgan fingerprint density at radius 1 is 1.12 bits per heavy atom. The van der Waals surface area contributed by atoms with Gasteiger partial charge in [0.15, 0.2) is 5.82 Å². The van der Waals surface area contributed by atoms with Gasteiger partial charge in [0.1, 0.15) is 23.3 Å². The van der Waals surface area contributed by atoms with Crippen LogP contribution in [0.3, 0.4) is 0 Å². The number of rotatable bonds is 5. The summed E-state index contributed by atoms with van der Waals surface area (Å²) in [6, 6.07) is 14.0. The van der Waals surface area contributed by atoms with Gasteiger partial charge < -0.3 is 19.8 Å². The van der Waals surface area contributed by atoms with E-state index >= 15 is 0 Å². The quantitative estimate of drug-likeness (QED) is 0.477. The van der Waals surface area contributed by atoms with E-state index < -0.39 is 6.04 Å². The lowest BCUT2D eigenvalue weighted by Gasteiger charge is -2.27. The van der Waals surface area contributed by atoms with Gasteiger partial charge in [0.2, 0.25) is 5.95 Å². The zero-order chi connectivity index (χ0) is 22.9. The third-order valence-electron chi connectivity index (χ3n) is 5.42. The van der Waals surface area contributed by atoms with Gasteiger partial charge >= 0.3 is 0 Å². The minimum absolute atomic E-state index is 0.296. The maximum absolute atomic E-state index is 13.5. The lowest BCUT2D eigenvalue weighted by atomic mass is 10.00. The van der Waals surface area contributed by atoms with E-state index in [-0.39, 0.29) is 5.91 Å². The van der Waals surface area contributed by atoms with Crippen LogP contribution in [0.15, 0.2) is 76.6 Å². The Balaban J connectivity index is 1.59. The Bertz CT molecular complexity index is 1360.